The minimum Gasteiger partial charge on any atom is -0.394 e. The van der Waals surface area contributed by atoms with Gasteiger partial charge in [0.25, 0.3) is 0 Å². The van der Waals surface area contributed by atoms with Crippen molar-refractivity contribution in [1.82, 2.24) is 0 Å². The molecule has 0 bridgehead atoms. The van der Waals surface area contributed by atoms with Crippen LogP contribution in [0.2, 0.25) is 15.1 Å². The summed E-state index contributed by atoms with van der Waals surface area (Å²) in [6, 6.07) is 2.81. The summed E-state index contributed by atoms with van der Waals surface area (Å²) < 4.78 is 0. The third kappa shape index (κ3) is 2.97. The Morgan fingerprint density at radius 2 is 1.73 bits per heavy atom. The van der Waals surface area contributed by atoms with E-state index in [-0.39, 0.29) is 15.6 Å². The molecule has 0 aromatic heterocycles. The van der Waals surface area contributed by atoms with Gasteiger partial charge < -0.3 is 15.3 Å². The molecule has 3 N–H and O–H groups in total. The highest BCUT2D eigenvalue weighted by Gasteiger charge is 2.21. The van der Waals surface area contributed by atoms with Crippen molar-refractivity contribution in [2.45, 2.75) is 12.2 Å². The Kier molecular flexibility index (Phi) is 4.64. The van der Waals surface area contributed by atoms with Crippen LogP contribution in [-0.4, -0.2) is 28.0 Å². The average molecular weight is 272 g/mol. The van der Waals surface area contributed by atoms with Crippen LogP contribution in [0.4, 0.5) is 0 Å². The van der Waals surface area contributed by atoms with Crippen molar-refractivity contribution in [1.29, 1.82) is 0 Å². The van der Waals surface area contributed by atoms with Gasteiger partial charge in [0.05, 0.1) is 16.7 Å². The summed E-state index contributed by atoms with van der Waals surface area (Å²) >= 11 is 17.3. The lowest BCUT2D eigenvalue weighted by atomic mass is 10.0. The second-order valence-electron chi connectivity index (χ2n) is 2.99. The summed E-state index contributed by atoms with van der Waals surface area (Å²) in [7, 11) is 0. The summed E-state index contributed by atoms with van der Waals surface area (Å²) in [4.78, 5) is 0. The first-order valence-electron chi connectivity index (χ1n) is 4.08. The van der Waals surface area contributed by atoms with E-state index in [2.05, 4.69) is 0 Å². The summed E-state index contributed by atoms with van der Waals surface area (Å²) in [6.45, 7) is -0.582. The zero-order chi connectivity index (χ0) is 11.6. The van der Waals surface area contributed by atoms with E-state index in [1.165, 1.54) is 12.1 Å². The standard InChI is InChI=1S/C9H9Cl3O3/c10-4-1-5(8(12)6(11)2-4)9(15)7(14)3-13/h1-2,7,9,13-15H,3H2. The topological polar surface area (TPSA) is 60.7 Å². The number of aliphatic hydroxyl groups excluding tert-OH is 3. The fraction of sp³-hybridized carbons (Fsp3) is 0.333. The zero-order valence-electron chi connectivity index (χ0n) is 7.49. The van der Waals surface area contributed by atoms with E-state index >= 15 is 0 Å². The van der Waals surface area contributed by atoms with Crippen molar-refractivity contribution < 1.29 is 15.3 Å². The van der Waals surface area contributed by atoms with E-state index in [1.54, 1.807) is 0 Å². The van der Waals surface area contributed by atoms with Crippen LogP contribution in [0.15, 0.2) is 12.1 Å². The highest BCUT2D eigenvalue weighted by atomic mass is 35.5. The Morgan fingerprint density at radius 3 is 2.27 bits per heavy atom. The summed E-state index contributed by atoms with van der Waals surface area (Å²) in [5, 5.41) is 28.1. The van der Waals surface area contributed by atoms with Gasteiger partial charge in [-0.05, 0) is 12.1 Å². The maximum absolute atomic E-state index is 9.61. The molecule has 1 aromatic carbocycles. The first-order valence-corrected chi connectivity index (χ1v) is 5.22. The zero-order valence-corrected chi connectivity index (χ0v) is 9.76. The molecule has 2 atom stereocenters. The lowest BCUT2D eigenvalue weighted by Gasteiger charge is -2.17. The second-order valence-corrected chi connectivity index (χ2v) is 4.21. The SMILES string of the molecule is OCC(O)C(O)c1cc(Cl)cc(Cl)c1Cl. The van der Waals surface area contributed by atoms with Gasteiger partial charge in [0.1, 0.15) is 12.2 Å². The van der Waals surface area contributed by atoms with E-state index in [1.807, 2.05) is 0 Å². The molecule has 0 saturated heterocycles. The van der Waals surface area contributed by atoms with Crippen molar-refractivity contribution in [3.8, 4) is 0 Å². The molecule has 3 nitrogen and oxygen atoms in total. The summed E-state index contributed by atoms with van der Waals surface area (Å²) in [6.07, 6.45) is -2.64. The quantitative estimate of drug-likeness (QED) is 0.737. The van der Waals surface area contributed by atoms with E-state index < -0.39 is 18.8 Å². The van der Waals surface area contributed by atoms with Gasteiger partial charge in [-0.25, -0.2) is 0 Å². The molecule has 6 heteroatoms. The molecule has 0 aliphatic heterocycles. The first-order chi connectivity index (χ1) is 6.97. The number of halogens is 3. The number of hydrogen-bond acceptors (Lipinski definition) is 3. The van der Waals surface area contributed by atoms with Gasteiger partial charge in [0, 0.05) is 10.6 Å². The fourth-order valence-corrected chi connectivity index (χ4v) is 1.83. The predicted octanol–water partition coefficient (Wildman–Crippen LogP) is 2.03. The van der Waals surface area contributed by atoms with Crippen LogP contribution in [0.25, 0.3) is 0 Å². The van der Waals surface area contributed by atoms with Crippen LogP contribution < -0.4 is 0 Å². The molecule has 15 heavy (non-hydrogen) atoms. The predicted molar refractivity (Wildman–Crippen MR) is 59.5 cm³/mol. The van der Waals surface area contributed by atoms with E-state index in [0.29, 0.717) is 5.02 Å². The molecule has 0 aliphatic carbocycles. The van der Waals surface area contributed by atoms with Crippen LogP contribution in [-0.2, 0) is 0 Å². The van der Waals surface area contributed by atoms with Gasteiger partial charge in [0.15, 0.2) is 0 Å². The van der Waals surface area contributed by atoms with Crippen molar-refractivity contribution in [3.63, 3.8) is 0 Å². The smallest absolute Gasteiger partial charge is 0.109 e. The van der Waals surface area contributed by atoms with Crippen molar-refractivity contribution in [2.24, 2.45) is 0 Å². The first kappa shape index (κ1) is 13.0. The summed E-state index contributed by atoms with van der Waals surface area (Å²) in [5.41, 5.74) is 0.190. The van der Waals surface area contributed by atoms with Crippen molar-refractivity contribution >= 4 is 34.8 Å². The lowest BCUT2D eigenvalue weighted by molar-refractivity contribution is -0.0152. The molecule has 0 amide bonds. The molecule has 1 aromatic rings. The van der Waals surface area contributed by atoms with E-state index in [9.17, 15) is 10.2 Å². The van der Waals surface area contributed by atoms with Crippen LogP contribution in [0.1, 0.15) is 11.7 Å². The number of hydrogen-bond donors (Lipinski definition) is 3. The number of rotatable bonds is 3. The minimum atomic E-state index is -1.32. The molecule has 0 spiro atoms. The number of benzene rings is 1. The lowest BCUT2D eigenvalue weighted by Crippen LogP contribution is -2.22. The second kappa shape index (κ2) is 5.34. The molecule has 0 fully saturated rings. The summed E-state index contributed by atoms with van der Waals surface area (Å²) in [5.74, 6) is 0. The normalized spacial score (nSPS) is 15.1. The Balaban J connectivity index is 3.13. The average Bonchev–Trinajstić information content (AvgIpc) is 2.21. The highest BCUT2D eigenvalue weighted by molar-refractivity contribution is 6.43. The molecular formula is C9H9Cl3O3. The minimum absolute atomic E-state index is 0.112. The van der Waals surface area contributed by atoms with Gasteiger partial charge >= 0.3 is 0 Å². The Morgan fingerprint density at radius 1 is 1.13 bits per heavy atom. The third-order valence-corrected chi connectivity index (χ3v) is 2.93. The fourth-order valence-electron chi connectivity index (χ4n) is 1.10. The van der Waals surface area contributed by atoms with Gasteiger partial charge in [-0.15, -0.1) is 0 Å². The highest BCUT2D eigenvalue weighted by Crippen LogP contribution is 2.34. The molecule has 1 rings (SSSR count). The van der Waals surface area contributed by atoms with Crippen molar-refractivity contribution in [2.75, 3.05) is 6.61 Å². The number of aliphatic hydroxyl groups is 3. The molecule has 0 saturated carbocycles. The Bertz CT molecular complexity index is 357. The van der Waals surface area contributed by atoms with Gasteiger partial charge in [0.2, 0.25) is 0 Å². The molecule has 84 valence electrons. The molecule has 2 unspecified atom stereocenters. The van der Waals surface area contributed by atoms with Crippen LogP contribution in [0.5, 0.6) is 0 Å². The Hall–Kier alpha value is -0.0300. The third-order valence-electron chi connectivity index (χ3n) is 1.89. The molecule has 0 aliphatic rings. The maximum Gasteiger partial charge on any atom is 0.109 e. The maximum atomic E-state index is 9.61. The van der Waals surface area contributed by atoms with Crippen molar-refractivity contribution in [3.05, 3.63) is 32.8 Å². The molecular weight excluding hydrogens is 262 g/mol. The van der Waals surface area contributed by atoms with Crippen LogP contribution in [0.3, 0.4) is 0 Å². The molecule has 0 heterocycles. The van der Waals surface area contributed by atoms with Crippen LogP contribution >= 0.6 is 34.8 Å². The van der Waals surface area contributed by atoms with Crippen LogP contribution in [0, 0.1) is 0 Å². The van der Waals surface area contributed by atoms with Gasteiger partial charge in [-0.1, -0.05) is 34.8 Å². The van der Waals surface area contributed by atoms with E-state index in [0.717, 1.165) is 0 Å². The van der Waals surface area contributed by atoms with Gasteiger partial charge in [-0.2, -0.15) is 0 Å². The van der Waals surface area contributed by atoms with Gasteiger partial charge in [-0.3, -0.25) is 0 Å². The Labute approximate surface area is 102 Å². The molecule has 0 radical (unpaired) electrons. The largest absolute Gasteiger partial charge is 0.394 e. The monoisotopic (exact) mass is 270 g/mol. The van der Waals surface area contributed by atoms with E-state index in [4.69, 9.17) is 39.9 Å².